The third kappa shape index (κ3) is 28.5. The van der Waals surface area contributed by atoms with Gasteiger partial charge in [-0.15, -0.1) is 0 Å². The van der Waals surface area contributed by atoms with Gasteiger partial charge in [-0.2, -0.15) is 0 Å². The van der Waals surface area contributed by atoms with Crippen LogP contribution in [0.2, 0.25) is 0 Å². The highest BCUT2D eigenvalue weighted by Gasteiger charge is 2.15. The Morgan fingerprint density at radius 3 is 1.17 bits per heavy atom. The van der Waals surface area contributed by atoms with Crippen molar-refractivity contribution in [3.05, 3.63) is 0 Å². The minimum atomic E-state index is -0.505. The molecule has 0 saturated heterocycles. The fourth-order valence-corrected chi connectivity index (χ4v) is 3.89. The van der Waals surface area contributed by atoms with Crippen molar-refractivity contribution < 1.29 is 33.4 Å². The molecule has 0 heterocycles. The molecule has 238 valence electrons. The number of unbranched alkanes of at least 4 members (excludes halogenated alkanes) is 8. The molecule has 41 heavy (non-hydrogen) atoms. The van der Waals surface area contributed by atoms with Gasteiger partial charge in [-0.05, 0) is 72.1 Å². The third-order valence-electron chi connectivity index (χ3n) is 6.16. The lowest BCUT2D eigenvalue weighted by Gasteiger charge is -2.19. The van der Waals surface area contributed by atoms with E-state index in [-0.39, 0.29) is 23.7 Å². The molecule has 0 aliphatic rings. The predicted octanol–water partition coefficient (Wildman–Crippen LogP) is 4.27. The lowest BCUT2D eigenvalue weighted by molar-refractivity contribution is -0.140. The molecule has 4 amide bonds. The minimum absolute atomic E-state index is 0.0350. The average molecular weight is 585 g/mol. The molecule has 0 saturated carbocycles. The van der Waals surface area contributed by atoms with E-state index in [0.29, 0.717) is 51.9 Å². The van der Waals surface area contributed by atoms with Crippen molar-refractivity contribution in [2.45, 2.75) is 129 Å². The van der Waals surface area contributed by atoms with Crippen LogP contribution in [0.5, 0.6) is 0 Å². The molecule has 0 aromatic rings. The lowest BCUT2D eigenvalue weighted by Crippen LogP contribution is -2.33. The Morgan fingerprint density at radius 1 is 0.488 bits per heavy atom. The quantitative estimate of drug-likeness (QED) is 0.0976. The minimum Gasteiger partial charge on any atom is -0.469 e. The number of alkyl carbamates (subject to hydrolysis) is 1. The van der Waals surface area contributed by atoms with Crippen molar-refractivity contribution in [3.63, 3.8) is 0 Å². The zero-order chi connectivity index (χ0) is 30.8. The highest BCUT2D eigenvalue weighted by Crippen LogP contribution is 2.07. The molecule has 0 aliphatic heterocycles. The van der Waals surface area contributed by atoms with Crippen molar-refractivity contribution in [1.29, 1.82) is 0 Å². The van der Waals surface area contributed by atoms with Crippen LogP contribution < -0.4 is 21.3 Å². The topological polar surface area (TPSA) is 152 Å². The second-order valence-corrected chi connectivity index (χ2v) is 11.3. The molecule has 0 radical (unpaired) electrons. The molecule has 0 fully saturated rings. The molecular weight excluding hydrogens is 528 g/mol. The summed E-state index contributed by atoms with van der Waals surface area (Å²) < 4.78 is 9.76. The first kappa shape index (κ1) is 38.1. The first-order chi connectivity index (χ1) is 19.5. The van der Waals surface area contributed by atoms with Gasteiger partial charge in [-0.1, -0.05) is 25.7 Å². The van der Waals surface area contributed by atoms with Gasteiger partial charge in [0, 0.05) is 51.9 Å². The first-order valence-electron chi connectivity index (χ1n) is 15.4. The van der Waals surface area contributed by atoms with Crippen molar-refractivity contribution in [1.82, 2.24) is 21.3 Å². The van der Waals surface area contributed by atoms with E-state index in [1.54, 1.807) is 0 Å². The Kier molecular flexibility index (Phi) is 23.2. The van der Waals surface area contributed by atoms with E-state index in [1.807, 2.05) is 20.8 Å². The molecule has 11 heteroatoms. The molecule has 0 aromatic carbocycles. The monoisotopic (exact) mass is 584 g/mol. The van der Waals surface area contributed by atoms with E-state index in [0.717, 1.165) is 77.0 Å². The standard InChI is InChI=1S/C30H56N4O7/c1-30(2,3)41-29(39)34-24-16-7-11-19-27(37)32-22-14-5-9-17-25(35)31-21-13-6-10-18-26(36)33-23-15-8-12-20-28(38)40-4/h5-24H2,1-4H3,(H,31,35)(H,32,37)(H,33,36)(H,34,39). The molecule has 0 rings (SSSR count). The summed E-state index contributed by atoms with van der Waals surface area (Å²) >= 11 is 0. The van der Waals surface area contributed by atoms with Gasteiger partial charge in [0.05, 0.1) is 7.11 Å². The maximum atomic E-state index is 12.0. The number of hydrogen-bond acceptors (Lipinski definition) is 7. The van der Waals surface area contributed by atoms with Crippen LogP contribution in [-0.2, 0) is 28.7 Å². The number of hydrogen-bond donors (Lipinski definition) is 4. The van der Waals surface area contributed by atoms with Crippen LogP contribution in [0.1, 0.15) is 124 Å². The van der Waals surface area contributed by atoms with Crippen LogP contribution in [0, 0.1) is 0 Å². The van der Waals surface area contributed by atoms with Gasteiger partial charge >= 0.3 is 12.1 Å². The fourth-order valence-electron chi connectivity index (χ4n) is 3.89. The molecule has 0 aromatic heterocycles. The Labute approximate surface area is 247 Å². The number of esters is 1. The summed E-state index contributed by atoms with van der Waals surface area (Å²) in [6.45, 7) is 7.86. The molecule has 4 N–H and O–H groups in total. The van der Waals surface area contributed by atoms with Gasteiger partial charge in [-0.3, -0.25) is 19.2 Å². The van der Waals surface area contributed by atoms with Gasteiger partial charge < -0.3 is 30.7 Å². The molecule has 0 spiro atoms. The maximum Gasteiger partial charge on any atom is 0.407 e. The van der Waals surface area contributed by atoms with E-state index in [1.165, 1.54) is 7.11 Å². The zero-order valence-corrected chi connectivity index (χ0v) is 26.0. The molecule has 0 unspecified atom stereocenters. The second-order valence-electron chi connectivity index (χ2n) is 11.3. The summed E-state index contributed by atoms with van der Waals surface area (Å²) in [5.41, 5.74) is -0.505. The molecule has 0 atom stereocenters. The lowest BCUT2D eigenvalue weighted by atomic mass is 10.1. The van der Waals surface area contributed by atoms with Crippen LogP contribution in [0.25, 0.3) is 0 Å². The van der Waals surface area contributed by atoms with E-state index < -0.39 is 11.7 Å². The Bertz CT molecular complexity index is 754. The highest BCUT2D eigenvalue weighted by molar-refractivity contribution is 5.76. The van der Waals surface area contributed by atoms with Gasteiger partial charge in [0.25, 0.3) is 0 Å². The first-order valence-corrected chi connectivity index (χ1v) is 15.4. The summed E-state index contributed by atoms with van der Waals surface area (Å²) in [6.07, 6.45) is 11.4. The number of rotatable bonds is 24. The van der Waals surface area contributed by atoms with Crippen molar-refractivity contribution in [2.24, 2.45) is 0 Å². The normalized spacial score (nSPS) is 10.9. The number of methoxy groups -OCH3 is 1. The zero-order valence-electron chi connectivity index (χ0n) is 26.0. The summed E-state index contributed by atoms with van der Waals surface area (Å²) in [5, 5.41) is 11.5. The van der Waals surface area contributed by atoms with E-state index >= 15 is 0 Å². The van der Waals surface area contributed by atoms with E-state index in [4.69, 9.17) is 4.74 Å². The number of ether oxygens (including phenoxy) is 2. The number of carbonyl (C=O) groups is 5. The fraction of sp³-hybridized carbons (Fsp3) is 0.833. The van der Waals surface area contributed by atoms with E-state index in [2.05, 4.69) is 26.0 Å². The van der Waals surface area contributed by atoms with Crippen molar-refractivity contribution in [3.8, 4) is 0 Å². The molecule has 11 nitrogen and oxygen atoms in total. The van der Waals surface area contributed by atoms with Crippen LogP contribution in [0.15, 0.2) is 0 Å². The summed E-state index contributed by atoms with van der Waals surface area (Å²) in [7, 11) is 1.38. The number of amides is 4. The highest BCUT2D eigenvalue weighted by atomic mass is 16.6. The van der Waals surface area contributed by atoms with Gasteiger partial charge in [0.2, 0.25) is 17.7 Å². The van der Waals surface area contributed by atoms with Crippen LogP contribution in [0.4, 0.5) is 4.79 Å². The summed E-state index contributed by atoms with van der Waals surface area (Å²) in [6, 6.07) is 0. The van der Waals surface area contributed by atoms with E-state index in [9.17, 15) is 24.0 Å². The number of nitrogens with one attached hydrogen (secondary N) is 4. The Morgan fingerprint density at radius 2 is 0.829 bits per heavy atom. The van der Waals surface area contributed by atoms with Gasteiger partial charge in [0.15, 0.2) is 0 Å². The largest absolute Gasteiger partial charge is 0.469 e. The SMILES string of the molecule is COC(=O)CCCCCNC(=O)CCCCCNC(=O)CCCCCNC(=O)CCCCCNC(=O)OC(C)(C)C. The summed E-state index contributed by atoms with van der Waals surface area (Å²) in [5.74, 6) is -0.0773. The third-order valence-corrected chi connectivity index (χ3v) is 6.16. The second kappa shape index (κ2) is 24.9. The maximum absolute atomic E-state index is 12.0. The Hall–Kier alpha value is -2.85. The van der Waals surface area contributed by atoms with Crippen LogP contribution >= 0.6 is 0 Å². The van der Waals surface area contributed by atoms with Crippen molar-refractivity contribution >= 4 is 29.8 Å². The Balaban J connectivity index is 3.46. The van der Waals surface area contributed by atoms with Crippen molar-refractivity contribution in [2.75, 3.05) is 33.3 Å². The molecule has 0 bridgehead atoms. The van der Waals surface area contributed by atoms with Crippen LogP contribution in [0.3, 0.4) is 0 Å². The summed E-state index contributed by atoms with van der Waals surface area (Å²) in [4.78, 5) is 58.3. The molecule has 0 aliphatic carbocycles. The smallest absolute Gasteiger partial charge is 0.407 e. The number of carbonyl (C=O) groups excluding carboxylic acids is 5. The van der Waals surface area contributed by atoms with Crippen LogP contribution in [-0.4, -0.2) is 68.7 Å². The average Bonchev–Trinajstić information content (AvgIpc) is 2.90. The molecular formula is C30H56N4O7. The van der Waals surface area contributed by atoms with Gasteiger partial charge in [-0.25, -0.2) is 4.79 Å². The van der Waals surface area contributed by atoms with Gasteiger partial charge in [0.1, 0.15) is 5.60 Å². The predicted molar refractivity (Wildman–Crippen MR) is 159 cm³/mol.